The highest BCUT2D eigenvalue weighted by molar-refractivity contribution is 5.81. The second-order valence-corrected chi connectivity index (χ2v) is 4.85. The molecular formula is C17H24N2O2. The molecule has 0 bridgehead atoms. The third kappa shape index (κ3) is 5.86. The van der Waals surface area contributed by atoms with E-state index >= 15 is 0 Å². The van der Waals surface area contributed by atoms with Crippen molar-refractivity contribution in [1.82, 2.24) is 4.90 Å². The van der Waals surface area contributed by atoms with Gasteiger partial charge in [0.25, 0.3) is 0 Å². The van der Waals surface area contributed by atoms with E-state index in [2.05, 4.69) is 6.07 Å². The highest BCUT2D eigenvalue weighted by Crippen LogP contribution is 2.13. The number of benzene rings is 1. The molecule has 0 aliphatic heterocycles. The highest BCUT2D eigenvalue weighted by atomic mass is 16.5. The summed E-state index contributed by atoms with van der Waals surface area (Å²) >= 11 is 0. The van der Waals surface area contributed by atoms with Gasteiger partial charge < -0.3 is 9.64 Å². The molecule has 0 aliphatic rings. The lowest BCUT2D eigenvalue weighted by Crippen LogP contribution is -2.35. The van der Waals surface area contributed by atoms with Crippen LogP contribution in [-0.2, 0) is 4.79 Å². The number of carbonyl (C=O) groups is 1. The van der Waals surface area contributed by atoms with Gasteiger partial charge in [0.05, 0.1) is 12.7 Å². The van der Waals surface area contributed by atoms with Crippen LogP contribution in [0.1, 0.15) is 33.1 Å². The van der Waals surface area contributed by atoms with E-state index in [0.717, 1.165) is 18.6 Å². The molecule has 1 amide bonds. The Morgan fingerprint density at radius 1 is 1.24 bits per heavy atom. The Hall–Kier alpha value is -2.02. The fourth-order valence-electron chi connectivity index (χ4n) is 2.16. The van der Waals surface area contributed by atoms with Gasteiger partial charge in [-0.1, -0.05) is 18.2 Å². The summed E-state index contributed by atoms with van der Waals surface area (Å²) in [6, 6.07) is 11.8. The third-order valence-corrected chi connectivity index (χ3v) is 3.43. The summed E-state index contributed by atoms with van der Waals surface area (Å²) in [4.78, 5) is 13.8. The molecule has 0 heterocycles. The number of nitriles is 1. The fourth-order valence-corrected chi connectivity index (χ4v) is 2.16. The van der Waals surface area contributed by atoms with Gasteiger partial charge in [-0.2, -0.15) is 5.26 Å². The maximum Gasteiger partial charge on any atom is 0.239 e. The zero-order valence-electron chi connectivity index (χ0n) is 12.9. The molecule has 0 aromatic heterocycles. The van der Waals surface area contributed by atoms with E-state index in [1.165, 1.54) is 0 Å². The summed E-state index contributed by atoms with van der Waals surface area (Å²) in [6.07, 6.45) is 2.26. The lowest BCUT2D eigenvalue weighted by atomic mass is 10.0. The molecule has 0 N–H and O–H groups in total. The summed E-state index contributed by atoms with van der Waals surface area (Å²) < 4.78 is 5.59. The number of nitrogens with zero attached hydrogens (tertiary/aromatic N) is 2. The van der Waals surface area contributed by atoms with Gasteiger partial charge in [0.2, 0.25) is 5.91 Å². The molecule has 0 fully saturated rings. The van der Waals surface area contributed by atoms with Crippen molar-refractivity contribution in [2.75, 3.05) is 19.7 Å². The van der Waals surface area contributed by atoms with Crippen molar-refractivity contribution in [1.29, 1.82) is 5.26 Å². The molecule has 4 nitrogen and oxygen atoms in total. The van der Waals surface area contributed by atoms with Gasteiger partial charge >= 0.3 is 0 Å². The van der Waals surface area contributed by atoms with Crippen LogP contribution in [0.25, 0.3) is 0 Å². The molecule has 0 saturated carbocycles. The summed E-state index contributed by atoms with van der Waals surface area (Å²) in [5, 5.41) is 9.14. The SMILES string of the molecule is CCN(CC)C(=O)C(C#N)CCCCOc1ccccc1. The van der Waals surface area contributed by atoms with E-state index in [1.54, 1.807) is 4.90 Å². The number of carbonyl (C=O) groups excluding carboxylic acids is 1. The molecule has 1 aromatic rings. The van der Waals surface area contributed by atoms with Crippen molar-refractivity contribution >= 4 is 5.91 Å². The first-order chi connectivity index (χ1) is 10.2. The third-order valence-electron chi connectivity index (χ3n) is 3.43. The zero-order valence-corrected chi connectivity index (χ0v) is 12.9. The van der Waals surface area contributed by atoms with Gasteiger partial charge in [0.1, 0.15) is 11.7 Å². The normalized spacial score (nSPS) is 11.5. The number of hydrogen-bond donors (Lipinski definition) is 0. The average Bonchev–Trinajstić information content (AvgIpc) is 2.53. The van der Waals surface area contributed by atoms with Gasteiger partial charge in [-0.25, -0.2) is 0 Å². The Morgan fingerprint density at radius 3 is 2.48 bits per heavy atom. The summed E-state index contributed by atoms with van der Waals surface area (Å²) in [5.74, 6) is 0.279. The van der Waals surface area contributed by atoms with Crippen molar-refractivity contribution in [3.8, 4) is 11.8 Å². The molecule has 0 radical (unpaired) electrons. The van der Waals surface area contributed by atoms with E-state index in [9.17, 15) is 4.79 Å². The topological polar surface area (TPSA) is 53.3 Å². The first-order valence-corrected chi connectivity index (χ1v) is 7.59. The molecule has 4 heteroatoms. The molecule has 0 aliphatic carbocycles. The predicted octanol–water partition coefficient (Wildman–Crippen LogP) is 3.24. The fraction of sp³-hybridized carbons (Fsp3) is 0.529. The zero-order chi connectivity index (χ0) is 15.5. The summed E-state index contributed by atoms with van der Waals surface area (Å²) in [7, 11) is 0. The summed E-state index contributed by atoms with van der Waals surface area (Å²) in [5.41, 5.74) is 0. The van der Waals surface area contributed by atoms with E-state index in [1.807, 2.05) is 44.2 Å². The minimum Gasteiger partial charge on any atom is -0.494 e. The monoisotopic (exact) mass is 288 g/mol. The number of para-hydroxylation sites is 1. The van der Waals surface area contributed by atoms with Crippen LogP contribution < -0.4 is 4.74 Å². The van der Waals surface area contributed by atoms with Gasteiger partial charge in [-0.05, 0) is 45.2 Å². The minimum absolute atomic E-state index is 0.0496. The Morgan fingerprint density at radius 2 is 1.90 bits per heavy atom. The van der Waals surface area contributed by atoms with Crippen LogP contribution in [0.2, 0.25) is 0 Å². The number of hydrogen-bond acceptors (Lipinski definition) is 3. The van der Waals surface area contributed by atoms with Crippen molar-refractivity contribution < 1.29 is 9.53 Å². The minimum atomic E-state index is -0.526. The summed E-state index contributed by atoms with van der Waals surface area (Å²) in [6.45, 7) is 5.80. The molecular weight excluding hydrogens is 264 g/mol. The number of rotatable bonds is 9. The van der Waals surface area contributed by atoms with Gasteiger partial charge in [-0.3, -0.25) is 4.79 Å². The number of amides is 1. The molecule has 1 rings (SSSR count). The van der Waals surface area contributed by atoms with Crippen molar-refractivity contribution in [2.24, 2.45) is 5.92 Å². The Labute approximate surface area is 127 Å². The van der Waals surface area contributed by atoms with Gasteiger partial charge in [0, 0.05) is 13.1 Å². The maximum absolute atomic E-state index is 12.1. The second kappa shape index (κ2) is 9.82. The van der Waals surface area contributed by atoms with Crippen LogP contribution in [-0.4, -0.2) is 30.5 Å². The molecule has 1 unspecified atom stereocenters. The van der Waals surface area contributed by atoms with Crippen molar-refractivity contribution in [3.05, 3.63) is 30.3 Å². The van der Waals surface area contributed by atoms with Crippen LogP contribution in [0.3, 0.4) is 0 Å². The number of ether oxygens (including phenoxy) is 1. The Kier molecular flexibility index (Phi) is 7.96. The lowest BCUT2D eigenvalue weighted by molar-refractivity contribution is -0.133. The quantitative estimate of drug-likeness (QED) is 0.655. The molecule has 21 heavy (non-hydrogen) atoms. The Bertz CT molecular complexity index is 450. The van der Waals surface area contributed by atoms with Gasteiger partial charge in [0.15, 0.2) is 0 Å². The van der Waals surface area contributed by atoms with Crippen molar-refractivity contribution in [2.45, 2.75) is 33.1 Å². The van der Waals surface area contributed by atoms with Crippen LogP contribution in [0.4, 0.5) is 0 Å². The first-order valence-electron chi connectivity index (χ1n) is 7.59. The van der Waals surface area contributed by atoms with Crippen LogP contribution >= 0.6 is 0 Å². The molecule has 0 saturated heterocycles. The molecule has 1 aromatic carbocycles. The van der Waals surface area contributed by atoms with E-state index in [0.29, 0.717) is 26.1 Å². The number of unbranched alkanes of at least 4 members (excludes halogenated alkanes) is 1. The standard InChI is InChI=1S/C17H24N2O2/c1-3-19(4-2)17(20)15(14-18)10-8-9-13-21-16-11-6-5-7-12-16/h5-7,11-12,15H,3-4,8-10,13H2,1-2H3. The smallest absolute Gasteiger partial charge is 0.239 e. The average molecular weight is 288 g/mol. The largest absolute Gasteiger partial charge is 0.494 e. The van der Waals surface area contributed by atoms with Crippen molar-refractivity contribution in [3.63, 3.8) is 0 Å². The first kappa shape index (κ1) is 17.0. The van der Waals surface area contributed by atoms with E-state index in [-0.39, 0.29) is 5.91 Å². The maximum atomic E-state index is 12.1. The molecule has 1 atom stereocenters. The van der Waals surface area contributed by atoms with Gasteiger partial charge in [-0.15, -0.1) is 0 Å². The van der Waals surface area contributed by atoms with Crippen LogP contribution in [0.15, 0.2) is 30.3 Å². The van der Waals surface area contributed by atoms with E-state index < -0.39 is 5.92 Å². The predicted molar refractivity (Wildman–Crippen MR) is 82.8 cm³/mol. The second-order valence-electron chi connectivity index (χ2n) is 4.85. The molecule has 114 valence electrons. The highest BCUT2D eigenvalue weighted by Gasteiger charge is 2.21. The Balaban J connectivity index is 2.26. The van der Waals surface area contributed by atoms with Crippen LogP contribution in [0.5, 0.6) is 5.75 Å². The lowest BCUT2D eigenvalue weighted by Gasteiger charge is -2.21. The van der Waals surface area contributed by atoms with E-state index in [4.69, 9.17) is 10.00 Å². The molecule has 0 spiro atoms. The van der Waals surface area contributed by atoms with Crippen LogP contribution in [0, 0.1) is 17.2 Å².